The molecule has 0 atom stereocenters. The smallest absolute Gasteiger partial charge is 0.389 e. The van der Waals surface area contributed by atoms with E-state index in [-0.39, 0.29) is 12.2 Å². The van der Waals surface area contributed by atoms with Gasteiger partial charge in [0.15, 0.2) is 0 Å². The van der Waals surface area contributed by atoms with Crippen LogP contribution in [0.2, 0.25) is 0 Å². The molecule has 4 nitrogen and oxygen atoms in total. The third-order valence-electron chi connectivity index (χ3n) is 2.69. The zero-order valence-corrected chi connectivity index (χ0v) is 11.8. The van der Waals surface area contributed by atoms with Crippen LogP contribution in [-0.4, -0.2) is 26.9 Å². The number of halogens is 3. The van der Waals surface area contributed by atoms with Gasteiger partial charge >= 0.3 is 6.18 Å². The average Bonchev–Trinajstić information content (AvgIpc) is 2.30. The van der Waals surface area contributed by atoms with E-state index < -0.39 is 34.8 Å². The van der Waals surface area contributed by atoms with E-state index in [0.717, 1.165) is 4.31 Å². The van der Waals surface area contributed by atoms with Crippen LogP contribution in [0.5, 0.6) is 0 Å². The molecule has 0 saturated carbocycles. The average molecular weight is 310 g/mol. The van der Waals surface area contributed by atoms with E-state index in [1.165, 1.54) is 6.07 Å². The number of benzene rings is 1. The van der Waals surface area contributed by atoms with Crippen LogP contribution in [-0.2, 0) is 10.0 Å². The Kier molecular flexibility index (Phi) is 5.27. The molecule has 1 aromatic rings. The number of para-hydroxylation sites is 2. The molecule has 20 heavy (non-hydrogen) atoms. The van der Waals surface area contributed by atoms with Gasteiger partial charge in [0.2, 0.25) is 10.0 Å². The van der Waals surface area contributed by atoms with Gasteiger partial charge in [0.05, 0.1) is 17.1 Å². The number of rotatable bonds is 6. The van der Waals surface area contributed by atoms with Gasteiger partial charge in [0.1, 0.15) is 0 Å². The van der Waals surface area contributed by atoms with Gasteiger partial charge in [-0.1, -0.05) is 12.1 Å². The quantitative estimate of drug-likeness (QED) is 0.822. The molecular formula is C12H17F3N2O2S. The van der Waals surface area contributed by atoms with Crippen molar-refractivity contribution in [3.05, 3.63) is 24.3 Å². The van der Waals surface area contributed by atoms with Crippen molar-refractivity contribution in [2.24, 2.45) is 0 Å². The lowest BCUT2D eigenvalue weighted by Gasteiger charge is -2.24. The Morgan fingerprint density at radius 2 is 1.85 bits per heavy atom. The SMILES string of the molecule is CCN(c1ccccc1N)S(=O)(=O)CCCC(F)(F)F. The maximum Gasteiger partial charge on any atom is 0.389 e. The second-order valence-corrected chi connectivity index (χ2v) is 6.27. The van der Waals surface area contributed by atoms with Crippen LogP contribution < -0.4 is 10.0 Å². The first-order chi connectivity index (χ1) is 9.17. The first kappa shape index (κ1) is 16.6. The second kappa shape index (κ2) is 6.34. The van der Waals surface area contributed by atoms with Crippen molar-refractivity contribution in [2.75, 3.05) is 22.3 Å². The lowest BCUT2D eigenvalue weighted by molar-refractivity contribution is -0.134. The minimum atomic E-state index is -4.35. The van der Waals surface area contributed by atoms with Gasteiger partial charge in [-0.25, -0.2) is 8.42 Å². The van der Waals surface area contributed by atoms with Crippen molar-refractivity contribution < 1.29 is 21.6 Å². The maximum absolute atomic E-state index is 12.1. The molecule has 0 aliphatic heterocycles. The highest BCUT2D eigenvalue weighted by Gasteiger charge is 2.29. The van der Waals surface area contributed by atoms with Gasteiger partial charge in [-0.05, 0) is 25.5 Å². The number of sulfonamides is 1. The van der Waals surface area contributed by atoms with Gasteiger partial charge in [0, 0.05) is 13.0 Å². The molecule has 0 radical (unpaired) electrons. The number of hydrogen-bond acceptors (Lipinski definition) is 3. The molecule has 2 N–H and O–H groups in total. The highest BCUT2D eigenvalue weighted by atomic mass is 32.2. The standard InChI is InChI=1S/C12H17F3N2O2S/c1-2-17(11-7-4-3-6-10(11)16)20(18,19)9-5-8-12(13,14)15/h3-4,6-7H,2,5,8-9,16H2,1H3. The molecule has 0 saturated heterocycles. The highest BCUT2D eigenvalue weighted by molar-refractivity contribution is 7.92. The van der Waals surface area contributed by atoms with Crippen LogP contribution in [0.25, 0.3) is 0 Å². The fourth-order valence-corrected chi connectivity index (χ4v) is 3.39. The number of anilines is 2. The number of hydrogen-bond donors (Lipinski definition) is 1. The normalized spacial score (nSPS) is 12.4. The van der Waals surface area contributed by atoms with Crippen LogP contribution in [0, 0.1) is 0 Å². The molecule has 1 rings (SSSR count). The van der Waals surface area contributed by atoms with Crippen LogP contribution in [0.3, 0.4) is 0 Å². The number of nitrogens with zero attached hydrogens (tertiary/aromatic N) is 1. The Morgan fingerprint density at radius 1 is 1.25 bits per heavy atom. The van der Waals surface area contributed by atoms with E-state index in [1.807, 2.05) is 0 Å². The summed E-state index contributed by atoms with van der Waals surface area (Å²) < 4.78 is 61.5. The van der Waals surface area contributed by atoms with E-state index in [0.29, 0.717) is 5.69 Å². The summed E-state index contributed by atoms with van der Waals surface area (Å²) in [6.45, 7) is 1.72. The number of nitrogen functional groups attached to an aromatic ring is 1. The van der Waals surface area contributed by atoms with Gasteiger partial charge in [-0.2, -0.15) is 13.2 Å². The summed E-state index contributed by atoms with van der Waals surface area (Å²) in [5, 5.41) is 0. The van der Waals surface area contributed by atoms with E-state index in [2.05, 4.69) is 0 Å². The molecule has 0 aromatic heterocycles. The Balaban J connectivity index is 2.86. The fraction of sp³-hybridized carbons (Fsp3) is 0.500. The predicted molar refractivity (Wildman–Crippen MR) is 73.0 cm³/mol. The summed E-state index contributed by atoms with van der Waals surface area (Å²) in [5.41, 5.74) is 6.27. The van der Waals surface area contributed by atoms with Crippen molar-refractivity contribution in [1.29, 1.82) is 0 Å². The lowest BCUT2D eigenvalue weighted by Crippen LogP contribution is -2.33. The zero-order valence-electron chi connectivity index (χ0n) is 11.0. The van der Waals surface area contributed by atoms with E-state index in [4.69, 9.17) is 5.73 Å². The molecule has 0 aliphatic carbocycles. The summed E-state index contributed by atoms with van der Waals surface area (Å²) in [4.78, 5) is 0. The summed E-state index contributed by atoms with van der Waals surface area (Å²) in [6, 6.07) is 6.35. The molecule has 0 aliphatic rings. The molecule has 0 heterocycles. The van der Waals surface area contributed by atoms with Crippen molar-refractivity contribution in [2.45, 2.75) is 25.9 Å². The maximum atomic E-state index is 12.1. The van der Waals surface area contributed by atoms with Crippen molar-refractivity contribution in [1.82, 2.24) is 0 Å². The van der Waals surface area contributed by atoms with Crippen LogP contribution in [0.1, 0.15) is 19.8 Å². The van der Waals surface area contributed by atoms with Gasteiger partial charge in [-0.15, -0.1) is 0 Å². The molecule has 0 fully saturated rings. The molecular weight excluding hydrogens is 293 g/mol. The molecule has 1 aromatic carbocycles. The summed E-state index contributed by atoms with van der Waals surface area (Å²) in [6.07, 6.45) is -5.93. The summed E-state index contributed by atoms with van der Waals surface area (Å²) in [7, 11) is -3.82. The zero-order chi connectivity index (χ0) is 15.4. The monoisotopic (exact) mass is 310 g/mol. The van der Waals surface area contributed by atoms with Gasteiger partial charge in [0.25, 0.3) is 0 Å². The Morgan fingerprint density at radius 3 is 2.35 bits per heavy atom. The van der Waals surface area contributed by atoms with Crippen LogP contribution in [0.4, 0.5) is 24.5 Å². The van der Waals surface area contributed by atoms with E-state index >= 15 is 0 Å². The van der Waals surface area contributed by atoms with Gasteiger partial charge < -0.3 is 5.73 Å². The van der Waals surface area contributed by atoms with Crippen molar-refractivity contribution >= 4 is 21.4 Å². The molecule has 8 heteroatoms. The molecule has 114 valence electrons. The van der Waals surface area contributed by atoms with Crippen molar-refractivity contribution in [3.63, 3.8) is 0 Å². The van der Waals surface area contributed by atoms with Crippen LogP contribution >= 0.6 is 0 Å². The fourth-order valence-electron chi connectivity index (χ4n) is 1.80. The second-order valence-electron chi connectivity index (χ2n) is 4.26. The minimum absolute atomic E-state index is 0.114. The molecule has 0 bridgehead atoms. The summed E-state index contributed by atoms with van der Waals surface area (Å²) in [5.74, 6) is -0.561. The summed E-state index contributed by atoms with van der Waals surface area (Å²) >= 11 is 0. The van der Waals surface area contributed by atoms with Crippen molar-refractivity contribution in [3.8, 4) is 0 Å². The van der Waals surface area contributed by atoms with Crippen LogP contribution in [0.15, 0.2) is 24.3 Å². The number of nitrogens with two attached hydrogens (primary N) is 1. The first-order valence-electron chi connectivity index (χ1n) is 6.09. The third-order valence-corrected chi connectivity index (χ3v) is 4.62. The van der Waals surface area contributed by atoms with E-state index in [1.54, 1.807) is 25.1 Å². The molecule has 0 unspecified atom stereocenters. The highest BCUT2D eigenvalue weighted by Crippen LogP contribution is 2.27. The molecule has 0 amide bonds. The third kappa shape index (κ3) is 4.59. The first-order valence-corrected chi connectivity index (χ1v) is 7.70. The number of alkyl halides is 3. The lowest BCUT2D eigenvalue weighted by atomic mass is 10.3. The Labute approximate surface area is 116 Å². The largest absolute Gasteiger partial charge is 0.397 e. The van der Waals surface area contributed by atoms with E-state index in [9.17, 15) is 21.6 Å². The Hall–Kier alpha value is -1.44. The Bertz CT molecular complexity index is 544. The van der Waals surface area contributed by atoms with Gasteiger partial charge in [-0.3, -0.25) is 4.31 Å². The minimum Gasteiger partial charge on any atom is -0.397 e. The topological polar surface area (TPSA) is 63.4 Å². The molecule has 0 spiro atoms. The predicted octanol–water partition coefficient (Wildman–Crippen LogP) is 2.77.